The van der Waals surface area contributed by atoms with E-state index >= 15 is 0 Å². The summed E-state index contributed by atoms with van der Waals surface area (Å²) in [5.41, 5.74) is 4.39. The third-order valence-corrected chi connectivity index (χ3v) is 8.30. The first-order valence-corrected chi connectivity index (χ1v) is 15.2. The summed E-state index contributed by atoms with van der Waals surface area (Å²) in [6, 6.07) is 21.8. The normalized spacial score (nSPS) is 16.0. The number of likely N-dealkylation sites (tertiary alicyclic amines) is 1. The number of methoxy groups -OCH3 is 1. The van der Waals surface area contributed by atoms with E-state index in [1.54, 1.807) is 12.1 Å². The van der Waals surface area contributed by atoms with Crippen LogP contribution in [0.15, 0.2) is 66.7 Å². The van der Waals surface area contributed by atoms with Crippen molar-refractivity contribution in [2.24, 2.45) is 0 Å². The molecule has 44 heavy (non-hydrogen) atoms. The van der Waals surface area contributed by atoms with Gasteiger partial charge in [-0.25, -0.2) is 0 Å². The van der Waals surface area contributed by atoms with Crippen molar-refractivity contribution in [3.05, 3.63) is 88.0 Å². The number of rotatable bonds is 12. The zero-order valence-electron chi connectivity index (χ0n) is 25.4. The van der Waals surface area contributed by atoms with Gasteiger partial charge in [-0.05, 0) is 61.7 Å². The lowest BCUT2D eigenvalue weighted by atomic mass is 10.0. The van der Waals surface area contributed by atoms with E-state index in [1.165, 1.54) is 24.4 Å². The Hall–Kier alpha value is -4.51. The Kier molecular flexibility index (Phi) is 10.4. The monoisotopic (exact) mass is 603 g/mol. The van der Waals surface area contributed by atoms with Crippen molar-refractivity contribution in [3.63, 3.8) is 0 Å². The molecule has 2 aliphatic heterocycles. The Morgan fingerprint density at radius 2 is 1.64 bits per heavy atom. The molecule has 234 valence electrons. The fourth-order valence-corrected chi connectivity index (χ4v) is 5.67. The second-order valence-corrected chi connectivity index (χ2v) is 11.3. The first kappa shape index (κ1) is 30.9. The van der Waals surface area contributed by atoms with Gasteiger partial charge < -0.3 is 24.6 Å². The van der Waals surface area contributed by atoms with Crippen LogP contribution in [-0.4, -0.2) is 79.8 Å². The number of aryl methyl sites for hydroxylation is 1. The van der Waals surface area contributed by atoms with Crippen molar-refractivity contribution in [1.29, 1.82) is 0 Å². The fraction of sp³-hybridized carbons (Fsp3) is 0.424. The summed E-state index contributed by atoms with van der Waals surface area (Å²) in [5.74, 6) is 1.41. The molecule has 0 atom stereocenters. The molecule has 0 unspecified atom stereocenters. The predicted octanol–water partition coefficient (Wildman–Crippen LogP) is 4.77. The molecule has 0 aromatic heterocycles. The van der Waals surface area contributed by atoms with Crippen LogP contribution in [0, 0.1) is 17.0 Å². The second-order valence-electron chi connectivity index (χ2n) is 11.3. The van der Waals surface area contributed by atoms with Gasteiger partial charge >= 0.3 is 0 Å². The summed E-state index contributed by atoms with van der Waals surface area (Å²) >= 11 is 0. The van der Waals surface area contributed by atoms with Crippen LogP contribution in [0.25, 0.3) is 0 Å². The molecule has 2 heterocycles. The molecule has 2 fully saturated rings. The summed E-state index contributed by atoms with van der Waals surface area (Å²) in [4.78, 5) is 34.9. The number of piperidine rings is 1. The number of carbonyl (C=O) groups is 1. The third-order valence-electron chi connectivity index (χ3n) is 8.30. The summed E-state index contributed by atoms with van der Waals surface area (Å²) in [6.45, 7) is 8.54. The van der Waals surface area contributed by atoms with Crippen LogP contribution in [0.2, 0.25) is 0 Å². The first-order valence-electron chi connectivity index (χ1n) is 15.2. The van der Waals surface area contributed by atoms with E-state index < -0.39 is 5.09 Å². The standard InChI is InChI=1S/C33H41N5O6/c1-25-3-5-26(6-4-25)24-43-30-10-8-29(9-11-30)36-21-19-35(20-22-36)16-15-33(39)37-17-13-27(14-18-37)34-28-7-12-31(44-38(40)41)32(23-28)42-2/h3-12,23,27,34H,13-22,24H2,1-2H3. The third kappa shape index (κ3) is 8.53. The van der Waals surface area contributed by atoms with Crippen molar-refractivity contribution in [3.8, 4) is 17.2 Å². The van der Waals surface area contributed by atoms with Gasteiger partial charge in [0.25, 0.3) is 5.09 Å². The average molecular weight is 604 g/mol. The summed E-state index contributed by atoms with van der Waals surface area (Å²) < 4.78 is 11.2. The largest absolute Gasteiger partial charge is 0.494 e. The van der Waals surface area contributed by atoms with Crippen molar-refractivity contribution in [2.45, 2.75) is 38.8 Å². The minimum absolute atomic E-state index is 0.0545. The fourth-order valence-electron chi connectivity index (χ4n) is 5.67. The van der Waals surface area contributed by atoms with E-state index in [2.05, 4.69) is 63.3 Å². The number of amides is 1. The number of nitrogens with zero attached hydrogens (tertiary/aromatic N) is 4. The van der Waals surface area contributed by atoms with E-state index in [9.17, 15) is 14.9 Å². The molecule has 1 amide bonds. The van der Waals surface area contributed by atoms with Crippen LogP contribution in [0.5, 0.6) is 17.2 Å². The highest BCUT2D eigenvalue weighted by Crippen LogP contribution is 2.31. The molecule has 2 aliphatic rings. The van der Waals surface area contributed by atoms with Crippen molar-refractivity contribution < 1.29 is 24.2 Å². The van der Waals surface area contributed by atoms with Gasteiger partial charge in [-0.1, -0.05) is 29.8 Å². The maximum Gasteiger partial charge on any atom is 0.299 e. The lowest BCUT2D eigenvalue weighted by Gasteiger charge is -2.37. The Bertz CT molecular complexity index is 1380. The average Bonchev–Trinajstić information content (AvgIpc) is 3.04. The first-order chi connectivity index (χ1) is 21.4. The highest BCUT2D eigenvalue weighted by Gasteiger charge is 2.24. The molecule has 0 saturated carbocycles. The molecule has 2 saturated heterocycles. The van der Waals surface area contributed by atoms with Gasteiger partial charge in [0.1, 0.15) is 12.4 Å². The smallest absolute Gasteiger partial charge is 0.299 e. The molecule has 0 bridgehead atoms. The summed E-state index contributed by atoms with van der Waals surface area (Å²) in [5, 5.41) is 13.3. The molecule has 0 aliphatic carbocycles. The highest BCUT2D eigenvalue weighted by molar-refractivity contribution is 5.76. The summed E-state index contributed by atoms with van der Waals surface area (Å²) in [6.07, 6.45) is 2.19. The maximum absolute atomic E-state index is 13.0. The Morgan fingerprint density at radius 3 is 2.30 bits per heavy atom. The lowest BCUT2D eigenvalue weighted by Crippen LogP contribution is -2.48. The van der Waals surface area contributed by atoms with E-state index in [1.807, 2.05) is 17.0 Å². The molecular weight excluding hydrogens is 562 g/mol. The number of piperazine rings is 1. The lowest BCUT2D eigenvalue weighted by molar-refractivity contribution is -0.711. The van der Waals surface area contributed by atoms with Crippen LogP contribution < -0.4 is 24.5 Å². The minimum Gasteiger partial charge on any atom is -0.494 e. The van der Waals surface area contributed by atoms with Crippen LogP contribution in [0.3, 0.4) is 0 Å². The number of carbonyl (C=O) groups excluding carboxylic acids is 1. The zero-order valence-corrected chi connectivity index (χ0v) is 25.4. The SMILES string of the molecule is COc1cc(NC2CCN(C(=O)CCN3CCN(c4ccc(OCc5ccc(C)cc5)cc4)CC3)CC2)ccc1O[N+](=O)[O-]. The number of anilines is 2. The van der Waals surface area contributed by atoms with E-state index in [-0.39, 0.29) is 23.4 Å². The molecule has 5 rings (SSSR count). The number of nitrogens with one attached hydrogen (secondary N) is 1. The van der Waals surface area contributed by atoms with Crippen molar-refractivity contribution in [1.82, 2.24) is 9.80 Å². The number of hydrogen-bond acceptors (Lipinski definition) is 9. The van der Waals surface area contributed by atoms with E-state index in [0.717, 1.165) is 62.6 Å². The Balaban J connectivity index is 0.989. The molecule has 11 nitrogen and oxygen atoms in total. The minimum atomic E-state index is -0.859. The summed E-state index contributed by atoms with van der Waals surface area (Å²) in [7, 11) is 1.44. The van der Waals surface area contributed by atoms with Gasteiger partial charge in [0, 0.05) is 75.7 Å². The molecule has 1 N–H and O–H groups in total. The predicted molar refractivity (Wildman–Crippen MR) is 169 cm³/mol. The van der Waals surface area contributed by atoms with Gasteiger partial charge in [-0.2, -0.15) is 0 Å². The van der Waals surface area contributed by atoms with Crippen molar-refractivity contribution in [2.75, 3.05) is 63.1 Å². The van der Waals surface area contributed by atoms with Crippen molar-refractivity contribution >= 4 is 17.3 Å². The van der Waals surface area contributed by atoms with Gasteiger partial charge in [0.05, 0.1) is 7.11 Å². The van der Waals surface area contributed by atoms with Crippen LogP contribution in [-0.2, 0) is 11.4 Å². The molecule has 3 aromatic rings. The Morgan fingerprint density at radius 1 is 0.932 bits per heavy atom. The zero-order chi connectivity index (χ0) is 30.9. The highest BCUT2D eigenvalue weighted by atomic mass is 17.0. The molecule has 0 spiro atoms. The molecule has 0 radical (unpaired) electrons. The topological polar surface area (TPSA) is 110 Å². The quantitative estimate of drug-likeness (QED) is 0.231. The van der Waals surface area contributed by atoms with Gasteiger partial charge in [0.2, 0.25) is 5.91 Å². The number of ether oxygens (including phenoxy) is 2. The van der Waals surface area contributed by atoms with Crippen LogP contribution in [0.4, 0.5) is 11.4 Å². The second kappa shape index (κ2) is 14.8. The van der Waals surface area contributed by atoms with Gasteiger partial charge in [-0.3, -0.25) is 14.5 Å². The van der Waals surface area contributed by atoms with Crippen LogP contribution in [0.1, 0.15) is 30.4 Å². The Labute approximate surface area is 258 Å². The molecular formula is C33H41N5O6. The molecule has 3 aromatic carbocycles. The van der Waals surface area contributed by atoms with E-state index in [4.69, 9.17) is 9.47 Å². The van der Waals surface area contributed by atoms with Crippen LogP contribution >= 0.6 is 0 Å². The number of hydrogen-bond donors (Lipinski definition) is 1. The van der Waals surface area contributed by atoms with Gasteiger partial charge in [-0.15, -0.1) is 10.1 Å². The van der Waals surface area contributed by atoms with E-state index in [0.29, 0.717) is 26.1 Å². The molecule has 11 heteroatoms. The maximum atomic E-state index is 13.0. The van der Waals surface area contributed by atoms with Gasteiger partial charge in [0.15, 0.2) is 11.5 Å². The number of benzene rings is 3.